The van der Waals surface area contributed by atoms with E-state index in [2.05, 4.69) is 10.1 Å². The van der Waals surface area contributed by atoms with Crippen molar-refractivity contribution in [1.29, 1.82) is 0 Å². The minimum Gasteiger partial charge on any atom is -0.479 e. The van der Waals surface area contributed by atoms with Crippen LogP contribution in [0, 0.1) is 6.92 Å². The molecule has 0 N–H and O–H groups in total. The van der Waals surface area contributed by atoms with E-state index < -0.39 is 6.10 Å². The number of carbonyl (C=O) groups is 1. The zero-order chi connectivity index (χ0) is 17.4. The van der Waals surface area contributed by atoms with Crippen LogP contribution in [0.15, 0.2) is 53.1 Å². The fourth-order valence-electron chi connectivity index (χ4n) is 2.91. The Balaban J connectivity index is 1.65. The molecular formula is C19H17N3O3. The number of aromatic nitrogens is 2. The standard InChI is InChI=1S/C19H17N3O3/c1-12-7-3-4-8-14(12)18-20-17(25-21-18)11-22-15-9-5-6-10-16(15)24-13(2)19(22)23/h3-10,13H,11H2,1-2H3. The van der Waals surface area contributed by atoms with Gasteiger partial charge in [-0.3, -0.25) is 9.69 Å². The quantitative estimate of drug-likeness (QED) is 0.734. The van der Waals surface area contributed by atoms with Gasteiger partial charge in [0.25, 0.3) is 5.91 Å². The number of para-hydroxylation sites is 2. The molecule has 6 nitrogen and oxygen atoms in total. The Kier molecular flexibility index (Phi) is 3.72. The highest BCUT2D eigenvalue weighted by Crippen LogP contribution is 2.34. The maximum absolute atomic E-state index is 12.5. The normalized spacial score (nSPS) is 16.5. The number of hydrogen-bond donors (Lipinski definition) is 0. The number of rotatable bonds is 3. The Hall–Kier alpha value is -3.15. The number of ether oxygens (including phenoxy) is 1. The predicted molar refractivity (Wildman–Crippen MR) is 92.2 cm³/mol. The molecular weight excluding hydrogens is 318 g/mol. The highest BCUT2D eigenvalue weighted by Gasteiger charge is 2.32. The Morgan fingerprint density at radius 2 is 1.88 bits per heavy atom. The molecule has 126 valence electrons. The third-order valence-corrected chi connectivity index (χ3v) is 4.22. The Morgan fingerprint density at radius 1 is 1.12 bits per heavy atom. The summed E-state index contributed by atoms with van der Waals surface area (Å²) in [5.41, 5.74) is 2.69. The first kappa shape index (κ1) is 15.4. The first-order chi connectivity index (χ1) is 12.1. The van der Waals surface area contributed by atoms with Gasteiger partial charge in [0.2, 0.25) is 11.7 Å². The third kappa shape index (κ3) is 2.76. The molecule has 0 saturated carbocycles. The molecule has 1 atom stereocenters. The highest BCUT2D eigenvalue weighted by molar-refractivity contribution is 5.99. The smallest absolute Gasteiger partial charge is 0.268 e. The van der Waals surface area contributed by atoms with Gasteiger partial charge in [-0.05, 0) is 31.5 Å². The topological polar surface area (TPSA) is 68.5 Å². The second kappa shape index (κ2) is 6.05. The second-order valence-corrected chi connectivity index (χ2v) is 5.98. The van der Waals surface area contributed by atoms with Crippen LogP contribution in [-0.2, 0) is 11.3 Å². The van der Waals surface area contributed by atoms with Crippen molar-refractivity contribution in [2.24, 2.45) is 0 Å². The Labute approximate surface area is 145 Å². The first-order valence-electron chi connectivity index (χ1n) is 8.09. The molecule has 1 unspecified atom stereocenters. The molecule has 25 heavy (non-hydrogen) atoms. The van der Waals surface area contributed by atoms with Crippen molar-refractivity contribution in [3.8, 4) is 17.1 Å². The van der Waals surface area contributed by atoms with Crippen molar-refractivity contribution in [2.45, 2.75) is 26.5 Å². The summed E-state index contributed by atoms with van der Waals surface area (Å²) in [6.07, 6.45) is -0.548. The molecule has 2 heterocycles. The number of benzene rings is 2. The molecule has 1 aliphatic heterocycles. The van der Waals surface area contributed by atoms with E-state index in [-0.39, 0.29) is 12.5 Å². The zero-order valence-electron chi connectivity index (χ0n) is 14.0. The molecule has 1 aromatic heterocycles. The summed E-state index contributed by atoms with van der Waals surface area (Å²) in [5, 5.41) is 4.06. The average Bonchev–Trinajstić information content (AvgIpc) is 3.08. The molecule has 0 bridgehead atoms. The van der Waals surface area contributed by atoms with Crippen LogP contribution in [0.3, 0.4) is 0 Å². The van der Waals surface area contributed by atoms with E-state index in [0.717, 1.165) is 11.1 Å². The molecule has 0 saturated heterocycles. The van der Waals surface area contributed by atoms with E-state index in [1.165, 1.54) is 0 Å². The van der Waals surface area contributed by atoms with Crippen LogP contribution in [0.2, 0.25) is 0 Å². The van der Waals surface area contributed by atoms with Crippen molar-refractivity contribution < 1.29 is 14.1 Å². The lowest BCUT2D eigenvalue weighted by Gasteiger charge is -2.31. The van der Waals surface area contributed by atoms with Gasteiger partial charge in [0.05, 0.1) is 5.69 Å². The molecule has 1 amide bonds. The van der Waals surface area contributed by atoms with Crippen LogP contribution < -0.4 is 9.64 Å². The molecule has 0 fully saturated rings. The van der Waals surface area contributed by atoms with Crippen molar-refractivity contribution >= 4 is 11.6 Å². The van der Waals surface area contributed by atoms with Crippen molar-refractivity contribution in [1.82, 2.24) is 10.1 Å². The number of carbonyl (C=O) groups excluding carboxylic acids is 1. The summed E-state index contributed by atoms with van der Waals surface area (Å²) in [6.45, 7) is 3.94. The lowest BCUT2D eigenvalue weighted by molar-refractivity contribution is -0.125. The first-order valence-corrected chi connectivity index (χ1v) is 8.09. The van der Waals surface area contributed by atoms with Crippen LogP contribution in [0.25, 0.3) is 11.4 Å². The monoisotopic (exact) mass is 335 g/mol. The molecule has 0 aliphatic carbocycles. The molecule has 1 aliphatic rings. The van der Waals surface area contributed by atoms with Gasteiger partial charge in [-0.1, -0.05) is 41.6 Å². The van der Waals surface area contributed by atoms with E-state index in [1.807, 2.05) is 55.5 Å². The molecule has 0 radical (unpaired) electrons. The summed E-state index contributed by atoms with van der Waals surface area (Å²) in [7, 11) is 0. The number of hydrogen-bond acceptors (Lipinski definition) is 5. The summed E-state index contributed by atoms with van der Waals surface area (Å²) < 4.78 is 11.0. The fourth-order valence-corrected chi connectivity index (χ4v) is 2.91. The summed E-state index contributed by atoms with van der Waals surface area (Å²) in [5.74, 6) is 1.45. The lowest BCUT2D eigenvalue weighted by Crippen LogP contribution is -2.44. The van der Waals surface area contributed by atoms with E-state index in [0.29, 0.717) is 23.2 Å². The molecule has 3 aromatic rings. The summed E-state index contributed by atoms with van der Waals surface area (Å²) in [4.78, 5) is 18.6. The third-order valence-electron chi connectivity index (χ3n) is 4.22. The van der Waals surface area contributed by atoms with E-state index >= 15 is 0 Å². The maximum Gasteiger partial charge on any atom is 0.268 e. The van der Waals surface area contributed by atoms with E-state index in [9.17, 15) is 4.79 Å². The van der Waals surface area contributed by atoms with Crippen LogP contribution in [0.1, 0.15) is 18.4 Å². The molecule has 4 rings (SSSR count). The molecule has 0 spiro atoms. The largest absolute Gasteiger partial charge is 0.479 e. The van der Waals surface area contributed by atoms with Gasteiger partial charge < -0.3 is 9.26 Å². The lowest BCUT2D eigenvalue weighted by atomic mass is 10.1. The summed E-state index contributed by atoms with van der Waals surface area (Å²) in [6, 6.07) is 15.3. The minimum absolute atomic E-state index is 0.130. The number of nitrogens with zero attached hydrogens (tertiary/aromatic N) is 3. The molecule has 6 heteroatoms. The van der Waals surface area contributed by atoms with Crippen LogP contribution in [0.4, 0.5) is 5.69 Å². The van der Waals surface area contributed by atoms with Crippen LogP contribution in [0.5, 0.6) is 5.75 Å². The van der Waals surface area contributed by atoms with Gasteiger partial charge in [0.15, 0.2) is 6.10 Å². The van der Waals surface area contributed by atoms with E-state index in [1.54, 1.807) is 11.8 Å². The van der Waals surface area contributed by atoms with Gasteiger partial charge in [0.1, 0.15) is 12.3 Å². The Morgan fingerprint density at radius 3 is 2.72 bits per heavy atom. The van der Waals surface area contributed by atoms with Gasteiger partial charge in [-0.25, -0.2) is 0 Å². The maximum atomic E-state index is 12.5. The van der Waals surface area contributed by atoms with Crippen molar-refractivity contribution in [3.05, 3.63) is 60.0 Å². The van der Waals surface area contributed by atoms with Gasteiger partial charge in [0, 0.05) is 5.56 Å². The van der Waals surface area contributed by atoms with Gasteiger partial charge >= 0.3 is 0 Å². The predicted octanol–water partition coefficient (Wildman–Crippen LogP) is 3.36. The van der Waals surface area contributed by atoms with Crippen molar-refractivity contribution in [3.63, 3.8) is 0 Å². The summed E-state index contributed by atoms with van der Waals surface area (Å²) >= 11 is 0. The highest BCUT2D eigenvalue weighted by atomic mass is 16.5. The number of aryl methyl sites for hydroxylation is 1. The number of amides is 1. The van der Waals surface area contributed by atoms with Crippen LogP contribution >= 0.6 is 0 Å². The van der Waals surface area contributed by atoms with Crippen LogP contribution in [-0.4, -0.2) is 22.2 Å². The van der Waals surface area contributed by atoms with E-state index in [4.69, 9.17) is 9.26 Å². The van der Waals surface area contributed by atoms with Gasteiger partial charge in [-0.2, -0.15) is 4.98 Å². The molecule has 2 aromatic carbocycles. The minimum atomic E-state index is -0.548. The van der Waals surface area contributed by atoms with Crippen molar-refractivity contribution in [2.75, 3.05) is 4.90 Å². The second-order valence-electron chi connectivity index (χ2n) is 5.98. The SMILES string of the molecule is Cc1ccccc1-c1noc(CN2C(=O)C(C)Oc3ccccc32)n1. The average molecular weight is 335 g/mol. The Bertz CT molecular complexity index is 935. The number of fused-ring (bicyclic) bond motifs is 1. The zero-order valence-corrected chi connectivity index (χ0v) is 14.0. The fraction of sp³-hybridized carbons (Fsp3) is 0.211. The van der Waals surface area contributed by atoms with Gasteiger partial charge in [-0.15, -0.1) is 0 Å². The number of anilines is 1.